The third-order valence-electron chi connectivity index (χ3n) is 4.08. The first-order valence-electron chi connectivity index (χ1n) is 8.15. The Morgan fingerprint density at radius 3 is 2.50 bits per heavy atom. The molecular formula is C18H17F3N4O. The number of halogens is 3. The summed E-state index contributed by atoms with van der Waals surface area (Å²) in [5, 5.41) is 0. The topological polar surface area (TPSA) is 60.7 Å². The molecule has 0 saturated heterocycles. The number of rotatable bonds is 4. The molecule has 0 amide bonds. The number of hydrogen-bond donors (Lipinski definition) is 0. The summed E-state index contributed by atoms with van der Waals surface area (Å²) >= 11 is 0. The Bertz CT molecular complexity index is 933. The van der Waals surface area contributed by atoms with E-state index in [0.29, 0.717) is 12.3 Å². The highest BCUT2D eigenvalue weighted by molar-refractivity contribution is 5.94. The summed E-state index contributed by atoms with van der Waals surface area (Å²) in [5.41, 5.74) is -0.823. The van der Waals surface area contributed by atoms with Crippen LogP contribution in [-0.4, -0.2) is 25.4 Å². The molecular weight excluding hydrogens is 345 g/mol. The third kappa shape index (κ3) is 3.44. The Labute approximate surface area is 147 Å². The quantitative estimate of drug-likeness (QED) is 0.681. The highest BCUT2D eigenvalue weighted by Crippen LogP contribution is 2.40. The molecule has 0 bridgehead atoms. The number of imidazole rings is 1. The molecule has 0 fully saturated rings. The first kappa shape index (κ1) is 18.0. The minimum absolute atomic E-state index is 0.0644. The van der Waals surface area contributed by atoms with E-state index in [0.717, 1.165) is 6.33 Å². The van der Waals surface area contributed by atoms with Gasteiger partial charge in [-0.25, -0.2) is 15.0 Å². The average Bonchev–Trinajstić information content (AvgIpc) is 3.02. The van der Waals surface area contributed by atoms with E-state index < -0.39 is 11.7 Å². The standard InChI is InChI=1S/C18H17F3N4O/c1-11(2)3-6-15(26)25-10-24-17-14(25)5-4-13(16(17)18(19,20)21)12-7-22-9-23-8-12/h4-5,7-11H,3,6H2,1-2H3. The van der Waals surface area contributed by atoms with Crippen LogP contribution in [0.5, 0.6) is 0 Å². The lowest BCUT2D eigenvalue weighted by Gasteiger charge is -2.14. The normalized spacial score (nSPS) is 12.1. The van der Waals surface area contributed by atoms with Crippen LogP contribution in [0.15, 0.2) is 37.2 Å². The van der Waals surface area contributed by atoms with E-state index in [1.54, 1.807) is 0 Å². The second kappa shape index (κ2) is 6.86. The lowest BCUT2D eigenvalue weighted by molar-refractivity contribution is -0.135. The van der Waals surface area contributed by atoms with E-state index in [1.807, 2.05) is 13.8 Å². The molecule has 0 saturated carbocycles. The van der Waals surface area contributed by atoms with Gasteiger partial charge < -0.3 is 0 Å². The SMILES string of the molecule is CC(C)CCC(=O)n1cnc2c(C(F)(F)F)c(-c3cncnc3)ccc21. The van der Waals surface area contributed by atoms with Crippen molar-refractivity contribution in [3.63, 3.8) is 0 Å². The van der Waals surface area contributed by atoms with Gasteiger partial charge in [-0.3, -0.25) is 9.36 Å². The van der Waals surface area contributed by atoms with Gasteiger partial charge in [-0.2, -0.15) is 13.2 Å². The maximum Gasteiger partial charge on any atom is 0.419 e. The second-order valence-corrected chi connectivity index (χ2v) is 6.42. The van der Waals surface area contributed by atoms with Crippen LogP contribution in [0.4, 0.5) is 13.2 Å². The zero-order chi connectivity index (χ0) is 18.9. The van der Waals surface area contributed by atoms with Crippen molar-refractivity contribution < 1.29 is 18.0 Å². The zero-order valence-corrected chi connectivity index (χ0v) is 14.3. The van der Waals surface area contributed by atoms with Gasteiger partial charge in [0, 0.05) is 24.4 Å². The smallest absolute Gasteiger partial charge is 0.274 e. The fraction of sp³-hybridized carbons (Fsp3) is 0.333. The van der Waals surface area contributed by atoms with Crippen LogP contribution in [0.3, 0.4) is 0 Å². The van der Waals surface area contributed by atoms with Crippen LogP contribution in [-0.2, 0) is 6.18 Å². The summed E-state index contributed by atoms with van der Waals surface area (Å²) in [4.78, 5) is 23.8. The van der Waals surface area contributed by atoms with E-state index in [1.165, 1.54) is 35.4 Å². The minimum atomic E-state index is -4.63. The molecule has 0 unspecified atom stereocenters. The Morgan fingerprint density at radius 1 is 1.19 bits per heavy atom. The number of carbonyl (C=O) groups excluding carboxylic acids is 1. The first-order valence-corrected chi connectivity index (χ1v) is 8.15. The monoisotopic (exact) mass is 362 g/mol. The molecule has 0 aliphatic carbocycles. The highest BCUT2D eigenvalue weighted by Gasteiger charge is 2.37. The fourth-order valence-electron chi connectivity index (χ4n) is 2.78. The van der Waals surface area contributed by atoms with E-state index in [9.17, 15) is 18.0 Å². The molecule has 0 aliphatic rings. The Kier molecular flexibility index (Phi) is 4.76. The van der Waals surface area contributed by atoms with Crippen molar-refractivity contribution in [2.24, 2.45) is 5.92 Å². The van der Waals surface area contributed by atoms with E-state index in [2.05, 4.69) is 15.0 Å². The molecule has 0 aliphatic heterocycles. The van der Waals surface area contributed by atoms with Gasteiger partial charge in [0.2, 0.25) is 5.91 Å². The first-order chi connectivity index (χ1) is 12.3. The van der Waals surface area contributed by atoms with Crippen LogP contribution in [0, 0.1) is 5.92 Å². The molecule has 3 rings (SSSR count). The zero-order valence-electron chi connectivity index (χ0n) is 14.3. The number of benzene rings is 1. The van der Waals surface area contributed by atoms with Crippen LogP contribution >= 0.6 is 0 Å². The average molecular weight is 362 g/mol. The lowest BCUT2D eigenvalue weighted by atomic mass is 10.00. The summed E-state index contributed by atoms with van der Waals surface area (Å²) in [7, 11) is 0. The summed E-state index contributed by atoms with van der Waals surface area (Å²) in [6.07, 6.45) is 1.31. The molecule has 0 radical (unpaired) electrons. The van der Waals surface area contributed by atoms with Gasteiger partial charge in [-0.15, -0.1) is 0 Å². The number of nitrogens with zero attached hydrogens (tertiary/aromatic N) is 4. The number of alkyl halides is 3. The lowest BCUT2D eigenvalue weighted by Crippen LogP contribution is -2.11. The second-order valence-electron chi connectivity index (χ2n) is 6.42. The van der Waals surface area contributed by atoms with Crippen molar-refractivity contribution in [3.8, 4) is 11.1 Å². The molecule has 8 heteroatoms. The molecule has 0 atom stereocenters. The van der Waals surface area contributed by atoms with Gasteiger partial charge in [-0.1, -0.05) is 19.9 Å². The Hall–Kier alpha value is -2.77. The summed E-state index contributed by atoms with van der Waals surface area (Å²) in [6, 6.07) is 2.81. The molecule has 0 spiro atoms. The Morgan fingerprint density at radius 2 is 1.88 bits per heavy atom. The van der Waals surface area contributed by atoms with Gasteiger partial charge in [0.15, 0.2) is 0 Å². The predicted molar refractivity (Wildman–Crippen MR) is 90.5 cm³/mol. The van der Waals surface area contributed by atoms with E-state index in [4.69, 9.17) is 0 Å². The molecule has 26 heavy (non-hydrogen) atoms. The largest absolute Gasteiger partial charge is 0.419 e. The van der Waals surface area contributed by atoms with Gasteiger partial charge in [-0.05, 0) is 24.0 Å². The highest BCUT2D eigenvalue weighted by atomic mass is 19.4. The van der Waals surface area contributed by atoms with Crippen molar-refractivity contribution in [2.75, 3.05) is 0 Å². The third-order valence-corrected chi connectivity index (χ3v) is 4.08. The molecule has 1 aromatic carbocycles. The van der Waals surface area contributed by atoms with Crippen LogP contribution < -0.4 is 0 Å². The number of hydrogen-bond acceptors (Lipinski definition) is 4. The fourth-order valence-corrected chi connectivity index (χ4v) is 2.78. The molecule has 0 N–H and O–H groups in total. The van der Waals surface area contributed by atoms with E-state index >= 15 is 0 Å². The molecule has 5 nitrogen and oxygen atoms in total. The maximum atomic E-state index is 13.8. The molecule has 2 aromatic heterocycles. The predicted octanol–water partition coefficient (Wildman–Crippen LogP) is 4.59. The summed E-state index contributed by atoms with van der Waals surface area (Å²) in [5.74, 6) is 0.0503. The van der Waals surface area contributed by atoms with Crippen LogP contribution in [0.25, 0.3) is 22.2 Å². The van der Waals surface area contributed by atoms with Gasteiger partial charge in [0.1, 0.15) is 18.2 Å². The summed E-state index contributed by atoms with van der Waals surface area (Å²) < 4.78 is 42.5. The minimum Gasteiger partial charge on any atom is -0.274 e. The number of fused-ring (bicyclic) bond motifs is 1. The number of aromatic nitrogens is 4. The summed E-state index contributed by atoms with van der Waals surface area (Å²) in [6.45, 7) is 3.96. The van der Waals surface area contributed by atoms with Gasteiger partial charge in [0.05, 0.1) is 11.1 Å². The van der Waals surface area contributed by atoms with Gasteiger partial charge in [0.25, 0.3) is 0 Å². The molecule has 2 heterocycles. The maximum absolute atomic E-state index is 13.8. The van der Waals surface area contributed by atoms with Crippen molar-refractivity contribution >= 4 is 16.9 Å². The van der Waals surface area contributed by atoms with E-state index in [-0.39, 0.29) is 34.5 Å². The molecule has 136 valence electrons. The van der Waals surface area contributed by atoms with Crippen molar-refractivity contribution in [1.29, 1.82) is 0 Å². The van der Waals surface area contributed by atoms with Crippen molar-refractivity contribution in [1.82, 2.24) is 19.5 Å². The number of carbonyl (C=O) groups is 1. The van der Waals surface area contributed by atoms with Crippen molar-refractivity contribution in [3.05, 3.63) is 42.7 Å². The van der Waals surface area contributed by atoms with Crippen LogP contribution in [0.1, 0.15) is 37.0 Å². The molecule has 3 aromatic rings. The van der Waals surface area contributed by atoms with Crippen molar-refractivity contribution in [2.45, 2.75) is 32.9 Å². The van der Waals surface area contributed by atoms with Crippen LogP contribution in [0.2, 0.25) is 0 Å². The van der Waals surface area contributed by atoms with Gasteiger partial charge >= 0.3 is 6.18 Å². The Balaban J connectivity index is 2.15.